The number of hydrogen-bond donors (Lipinski definition) is 1. The van der Waals surface area contributed by atoms with Gasteiger partial charge < -0.3 is 5.32 Å². The molecule has 0 bridgehead atoms. The average molecular weight is 522 g/mol. The van der Waals surface area contributed by atoms with Gasteiger partial charge in [0, 0.05) is 24.6 Å². The van der Waals surface area contributed by atoms with Gasteiger partial charge in [0.25, 0.3) is 0 Å². The number of fused-ring (bicyclic) bond motifs is 2. The number of carbonyl (C=O) groups is 1. The maximum atomic E-state index is 13.1. The minimum atomic E-state index is 0.304. The number of Topliss-reactive ketones (excluding diaryl/α,β-unsaturated/α-hetero) is 1. The molecule has 2 aliphatic rings. The zero-order valence-corrected chi connectivity index (χ0v) is 24.3. The summed E-state index contributed by atoms with van der Waals surface area (Å²) in [7, 11) is 0. The Morgan fingerprint density at radius 1 is 0.923 bits per heavy atom. The van der Waals surface area contributed by atoms with Crippen molar-refractivity contribution < 1.29 is 4.79 Å². The third kappa shape index (κ3) is 7.09. The number of benzene rings is 3. The SMILES string of the molecule is CCCCC(C)CCc1ccc(C(=O)CC2CCc3cc(CNC4Cc5ccccc5[C@H]4C)ccc3C2)cc1. The number of ketones is 1. The lowest BCUT2D eigenvalue weighted by Crippen LogP contribution is -2.31. The van der Waals surface area contributed by atoms with Crippen LogP contribution in [0.1, 0.15) is 109 Å². The molecule has 2 nitrogen and oxygen atoms in total. The zero-order valence-electron chi connectivity index (χ0n) is 24.3. The Kier molecular flexibility index (Phi) is 9.35. The number of aryl methyl sites for hydroxylation is 2. The maximum Gasteiger partial charge on any atom is 0.163 e. The maximum absolute atomic E-state index is 13.1. The van der Waals surface area contributed by atoms with Crippen LogP contribution >= 0.6 is 0 Å². The molecule has 0 heterocycles. The molecule has 2 heteroatoms. The number of unbranched alkanes of at least 4 members (excludes halogenated alkanes) is 1. The molecule has 4 atom stereocenters. The summed E-state index contributed by atoms with van der Waals surface area (Å²) in [6.45, 7) is 7.90. The lowest BCUT2D eigenvalue weighted by molar-refractivity contribution is 0.0957. The highest BCUT2D eigenvalue weighted by atomic mass is 16.1. The molecule has 2 aliphatic carbocycles. The smallest absolute Gasteiger partial charge is 0.163 e. The van der Waals surface area contributed by atoms with Gasteiger partial charge in [-0.15, -0.1) is 0 Å². The van der Waals surface area contributed by atoms with Crippen LogP contribution in [-0.4, -0.2) is 11.8 Å². The molecule has 3 unspecified atom stereocenters. The van der Waals surface area contributed by atoms with Crippen molar-refractivity contribution in [2.75, 3.05) is 0 Å². The van der Waals surface area contributed by atoms with Crippen LogP contribution in [0.2, 0.25) is 0 Å². The molecule has 39 heavy (non-hydrogen) atoms. The summed E-state index contributed by atoms with van der Waals surface area (Å²) in [6.07, 6.45) is 11.3. The molecular formula is C37H47NO. The van der Waals surface area contributed by atoms with Crippen molar-refractivity contribution in [1.29, 1.82) is 0 Å². The van der Waals surface area contributed by atoms with Gasteiger partial charge in [-0.1, -0.05) is 107 Å². The Labute approximate surface area is 236 Å². The fourth-order valence-corrected chi connectivity index (χ4v) is 6.81. The monoisotopic (exact) mass is 521 g/mol. The largest absolute Gasteiger partial charge is 0.309 e. The third-order valence-electron chi connectivity index (χ3n) is 9.48. The highest BCUT2D eigenvalue weighted by molar-refractivity contribution is 5.96. The van der Waals surface area contributed by atoms with E-state index < -0.39 is 0 Å². The van der Waals surface area contributed by atoms with Crippen LogP contribution in [0, 0.1) is 11.8 Å². The van der Waals surface area contributed by atoms with Crippen molar-refractivity contribution in [1.82, 2.24) is 5.32 Å². The molecule has 0 aliphatic heterocycles. The van der Waals surface area contributed by atoms with Crippen LogP contribution in [0.5, 0.6) is 0 Å². The van der Waals surface area contributed by atoms with Gasteiger partial charge in [0.15, 0.2) is 5.78 Å². The Balaban J connectivity index is 1.09. The normalized spacial score (nSPS) is 20.8. The second-order valence-electron chi connectivity index (χ2n) is 12.5. The van der Waals surface area contributed by atoms with Gasteiger partial charge in [-0.05, 0) is 89.7 Å². The van der Waals surface area contributed by atoms with Crippen LogP contribution in [-0.2, 0) is 32.2 Å². The molecule has 0 radical (unpaired) electrons. The summed E-state index contributed by atoms with van der Waals surface area (Å²) in [5, 5.41) is 3.83. The Hall–Kier alpha value is -2.71. The molecule has 3 aromatic rings. The van der Waals surface area contributed by atoms with E-state index in [1.54, 1.807) is 0 Å². The van der Waals surface area contributed by atoms with Gasteiger partial charge in [0.1, 0.15) is 0 Å². The summed E-state index contributed by atoms with van der Waals surface area (Å²) in [4.78, 5) is 13.1. The van der Waals surface area contributed by atoms with Crippen molar-refractivity contribution in [2.45, 2.75) is 103 Å². The van der Waals surface area contributed by atoms with Gasteiger partial charge in [-0.3, -0.25) is 4.79 Å². The van der Waals surface area contributed by atoms with E-state index in [1.807, 2.05) is 0 Å². The second kappa shape index (κ2) is 13.1. The predicted octanol–water partition coefficient (Wildman–Crippen LogP) is 8.64. The van der Waals surface area contributed by atoms with E-state index in [-0.39, 0.29) is 0 Å². The zero-order chi connectivity index (χ0) is 27.2. The highest BCUT2D eigenvalue weighted by Gasteiger charge is 2.28. The minimum Gasteiger partial charge on any atom is -0.309 e. The number of rotatable bonds is 12. The molecule has 206 valence electrons. The van der Waals surface area contributed by atoms with Crippen molar-refractivity contribution >= 4 is 5.78 Å². The van der Waals surface area contributed by atoms with Gasteiger partial charge in [-0.25, -0.2) is 0 Å². The average Bonchev–Trinajstić information content (AvgIpc) is 3.29. The Morgan fingerprint density at radius 2 is 1.72 bits per heavy atom. The summed E-state index contributed by atoms with van der Waals surface area (Å²) in [5.41, 5.74) is 9.55. The van der Waals surface area contributed by atoms with Crippen LogP contribution in [0.25, 0.3) is 0 Å². The molecule has 0 saturated carbocycles. The summed E-state index contributed by atoms with van der Waals surface area (Å²) < 4.78 is 0. The number of carbonyl (C=O) groups excluding carboxylic acids is 1. The van der Waals surface area contributed by atoms with E-state index in [1.165, 1.54) is 59.1 Å². The van der Waals surface area contributed by atoms with E-state index in [0.717, 1.165) is 50.1 Å². The fourth-order valence-electron chi connectivity index (χ4n) is 6.81. The van der Waals surface area contributed by atoms with Gasteiger partial charge >= 0.3 is 0 Å². The Bertz CT molecular complexity index is 1240. The number of hydrogen-bond acceptors (Lipinski definition) is 2. The molecule has 0 aromatic heterocycles. The molecule has 1 N–H and O–H groups in total. The first-order chi connectivity index (χ1) is 19.0. The summed E-state index contributed by atoms with van der Waals surface area (Å²) in [5.74, 6) is 2.10. The molecule has 0 spiro atoms. The fraction of sp³-hybridized carbons (Fsp3) is 0.486. The van der Waals surface area contributed by atoms with E-state index in [4.69, 9.17) is 0 Å². The van der Waals surface area contributed by atoms with Gasteiger partial charge in [0.2, 0.25) is 0 Å². The Morgan fingerprint density at radius 3 is 2.51 bits per heavy atom. The second-order valence-corrected chi connectivity index (χ2v) is 12.5. The van der Waals surface area contributed by atoms with Gasteiger partial charge in [0.05, 0.1) is 0 Å². The molecule has 3 aromatic carbocycles. The van der Waals surface area contributed by atoms with Crippen molar-refractivity contribution in [2.24, 2.45) is 11.8 Å². The lowest BCUT2D eigenvalue weighted by Gasteiger charge is -2.25. The summed E-state index contributed by atoms with van der Waals surface area (Å²) in [6, 6.07) is 24.9. The van der Waals surface area contributed by atoms with Crippen LogP contribution < -0.4 is 5.32 Å². The minimum absolute atomic E-state index is 0.304. The topological polar surface area (TPSA) is 29.1 Å². The van der Waals surface area contributed by atoms with Crippen LogP contribution in [0.15, 0.2) is 66.7 Å². The molecular weight excluding hydrogens is 474 g/mol. The summed E-state index contributed by atoms with van der Waals surface area (Å²) >= 11 is 0. The molecule has 0 fully saturated rings. The first-order valence-corrected chi connectivity index (χ1v) is 15.5. The van der Waals surface area contributed by atoms with Crippen LogP contribution in [0.4, 0.5) is 0 Å². The lowest BCUT2D eigenvalue weighted by atomic mass is 9.80. The van der Waals surface area contributed by atoms with Crippen molar-refractivity contribution in [3.05, 3.63) is 106 Å². The van der Waals surface area contributed by atoms with Crippen molar-refractivity contribution in [3.63, 3.8) is 0 Å². The van der Waals surface area contributed by atoms with E-state index in [2.05, 4.69) is 92.8 Å². The van der Waals surface area contributed by atoms with Crippen LogP contribution in [0.3, 0.4) is 0 Å². The first kappa shape index (κ1) is 27.8. The molecule has 0 amide bonds. The van der Waals surface area contributed by atoms with E-state index >= 15 is 0 Å². The van der Waals surface area contributed by atoms with E-state index in [0.29, 0.717) is 30.1 Å². The first-order valence-electron chi connectivity index (χ1n) is 15.5. The third-order valence-corrected chi connectivity index (χ3v) is 9.48. The standard InChI is InChI=1S/C37H47NO/c1-4-5-8-26(2)11-12-28-13-17-31(18-14-28)37(39)23-29-15-19-33-22-30(16-20-32(33)21-29)25-38-36-24-34-9-6-7-10-35(34)27(36)3/h6-7,9-10,13-14,16-18,20,22,26-27,29,36,38H,4-5,8,11-12,15,19,21,23-25H2,1-3H3/t26?,27-,29?,36?/m1/s1. The van der Waals surface area contributed by atoms with Gasteiger partial charge in [-0.2, -0.15) is 0 Å². The van der Waals surface area contributed by atoms with Crippen molar-refractivity contribution in [3.8, 4) is 0 Å². The molecule has 0 saturated heterocycles. The molecule has 5 rings (SSSR count). The quantitative estimate of drug-likeness (QED) is 0.242. The van der Waals surface area contributed by atoms with E-state index in [9.17, 15) is 4.79 Å². The number of nitrogens with one attached hydrogen (secondary N) is 1. The highest BCUT2D eigenvalue weighted by Crippen LogP contribution is 2.33. The predicted molar refractivity (Wildman–Crippen MR) is 164 cm³/mol.